The summed E-state index contributed by atoms with van der Waals surface area (Å²) < 4.78 is 11.3. The van der Waals surface area contributed by atoms with Crippen molar-refractivity contribution in [2.45, 2.75) is 25.2 Å². The third-order valence-corrected chi connectivity index (χ3v) is 6.32. The van der Waals surface area contributed by atoms with E-state index in [1.807, 2.05) is 53.4 Å². The summed E-state index contributed by atoms with van der Waals surface area (Å²) in [6.07, 6.45) is 1.87. The molecule has 0 radical (unpaired) electrons. The van der Waals surface area contributed by atoms with E-state index in [0.29, 0.717) is 25.4 Å². The van der Waals surface area contributed by atoms with Crippen LogP contribution in [0.25, 0.3) is 11.1 Å². The van der Waals surface area contributed by atoms with Crippen molar-refractivity contribution in [1.82, 2.24) is 9.88 Å². The molecule has 2 aliphatic heterocycles. The van der Waals surface area contributed by atoms with Gasteiger partial charge in [0, 0.05) is 32.0 Å². The summed E-state index contributed by atoms with van der Waals surface area (Å²) in [5.74, 6) is 1.31. The molecule has 0 unspecified atom stereocenters. The van der Waals surface area contributed by atoms with Gasteiger partial charge in [0.15, 0.2) is 11.5 Å². The van der Waals surface area contributed by atoms with Gasteiger partial charge < -0.3 is 19.0 Å². The largest absolute Gasteiger partial charge is 0.495 e. The van der Waals surface area contributed by atoms with Gasteiger partial charge in [0.25, 0.3) is 0 Å². The summed E-state index contributed by atoms with van der Waals surface area (Å²) in [6, 6.07) is 15.2. The minimum absolute atomic E-state index is 0.0378. The van der Waals surface area contributed by atoms with Crippen LogP contribution in [0.3, 0.4) is 0 Å². The molecule has 7 nitrogen and oxygen atoms in total. The van der Waals surface area contributed by atoms with Crippen molar-refractivity contribution in [2.75, 3.05) is 31.6 Å². The fourth-order valence-electron chi connectivity index (χ4n) is 4.63. The first-order chi connectivity index (χ1) is 15.1. The first-order valence-corrected chi connectivity index (χ1v) is 10.7. The number of para-hydroxylation sites is 4. The number of aromatic nitrogens is 1. The van der Waals surface area contributed by atoms with Gasteiger partial charge in [-0.25, -0.2) is 4.98 Å². The van der Waals surface area contributed by atoms with Crippen molar-refractivity contribution in [3.8, 4) is 5.75 Å². The number of methoxy groups -OCH3 is 1. The van der Waals surface area contributed by atoms with Crippen molar-refractivity contribution >= 4 is 28.6 Å². The highest BCUT2D eigenvalue weighted by Crippen LogP contribution is 2.35. The number of fused-ring (bicyclic) bond motifs is 1. The lowest BCUT2D eigenvalue weighted by atomic mass is 9.95. The van der Waals surface area contributed by atoms with E-state index in [-0.39, 0.29) is 30.1 Å². The van der Waals surface area contributed by atoms with Gasteiger partial charge >= 0.3 is 0 Å². The molecule has 1 aromatic heterocycles. The van der Waals surface area contributed by atoms with E-state index in [0.717, 1.165) is 35.5 Å². The summed E-state index contributed by atoms with van der Waals surface area (Å²) in [6.45, 7) is 1.70. The zero-order chi connectivity index (χ0) is 21.4. The van der Waals surface area contributed by atoms with Crippen LogP contribution in [0, 0.1) is 5.92 Å². The molecule has 7 heteroatoms. The predicted octanol–water partition coefficient (Wildman–Crippen LogP) is 3.60. The number of carbonyl (C=O) groups excluding carboxylic acids is 2. The predicted molar refractivity (Wildman–Crippen MR) is 116 cm³/mol. The van der Waals surface area contributed by atoms with Crippen LogP contribution in [-0.4, -0.2) is 48.4 Å². The van der Waals surface area contributed by atoms with E-state index in [4.69, 9.17) is 9.15 Å². The van der Waals surface area contributed by atoms with E-state index >= 15 is 0 Å². The van der Waals surface area contributed by atoms with Gasteiger partial charge in [0.05, 0.1) is 18.7 Å². The van der Waals surface area contributed by atoms with Crippen molar-refractivity contribution in [3.05, 3.63) is 54.4 Å². The Morgan fingerprint density at radius 3 is 2.61 bits per heavy atom. The minimum Gasteiger partial charge on any atom is -0.495 e. The molecule has 2 amide bonds. The number of ether oxygens (including phenoxy) is 1. The lowest BCUT2D eigenvalue weighted by Crippen LogP contribution is -2.42. The second-order valence-corrected chi connectivity index (χ2v) is 8.20. The van der Waals surface area contributed by atoms with Gasteiger partial charge in [0.2, 0.25) is 11.8 Å². The van der Waals surface area contributed by atoms with Gasteiger partial charge in [-0.1, -0.05) is 24.3 Å². The summed E-state index contributed by atoms with van der Waals surface area (Å²) in [5, 5.41) is 0. The van der Waals surface area contributed by atoms with Gasteiger partial charge in [-0.15, -0.1) is 0 Å². The Morgan fingerprint density at radius 2 is 1.84 bits per heavy atom. The highest BCUT2D eigenvalue weighted by molar-refractivity contribution is 6.01. The van der Waals surface area contributed by atoms with E-state index in [2.05, 4.69) is 4.98 Å². The number of likely N-dealkylation sites (tertiary alicyclic amines) is 1. The van der Waals surface area contributed by atoms with Gasteiger partial charge in [-0.05, 0) is 37.1 Å². The average molecular weight is 419 g/mol. The topological polar surface area (TPSA) is 75.9 Å². The zero-order valence-corrected chi connectivity index (χ0v) is 17.5. The SMILES string of the molecule is COc1ccccc1N1C[C@@H](C(=O)N2CCC(c3nc4ccccc4o3)CC2)CC1=O. The Balaban J connectivity index is 1.23. The molecular weight excluding hydrogens is 394 g/mol. The summed E-state index contributed by atoms with van der Waals surface area (Å²) in [7, 11) is 1.59. The average Bonchev–Trinajstić information content (AvgIpc) is 3.42. The van der Waals surface area contributed by atoms with Crippen LogP contribution in [0.2, 0.25) is 0 Å². The van der Waals surface area contributed by atoms with Gasteiger partial charge in [0.1, 0.15) is 11.3 Å². The number of hydrogen-bond acceptors (Lipinski definition) is 5. The fraction of sp³-hybridized carbons (Fsp3) is 0.375. The van der Waals surface area contributed by atoms with Crippen LogP contribution in [0.1, 0.15) is 31.1 Å². The molecule has 2 fully saturated rings. The van der Waals surface area contributed by atoms with Crippen LogP contribution in [0.5, 0.6) is 5.75 Å². The van der Waals surface area contributed by atoms with Crippen LogP contribution in [0.4, 0.5) is 5.69 Å². The molecule has 3 aromatic rings. The normalized spacial score (nSPS) is 19.9. The number of rotatable bonds is 4. The third-order valence-electron chi connectivity index (χ3n) is 6.32. The molecule has 3 heterocycles. The van der Waals surface area contributed by atoms with E-state index in [1.54, 1.807) is 12.0 Å². The number of oxazole rings is 1. The maximum atomic E-state index is 13.1. The Kier molecular flexibility index (Phi) is 5.10. The van der Waals surface area contributed by atoms with Crippen molar-refractivity contribution in [1.29, 1.82) is 0 Å². The zero-order valence-electron chi connectivity index (χ0n) is 17.5. The quantitative estimate of drug-likeness (QED) is 0.646. The fourth-order valence-corrected chi connectivity index (χ4v) is 4.63. The second kappa shape index (κ2) is 8.06. The van der Waals surface area contributed by atoms with E-state index < -0.39 is 0 Å². The second-order valence-electron chi connectivity index (χ2n) is 8.20. The monoisotopic (exact) mass is 419 g/mol. The molecule has 31 heavy (non-hydrogen) atoms. The number of carbonyl (C=O) groups is 2. The molecule has 0 spiro atoms. The first kappa shape index (κ1) is 19.6. The summed E-state index contributed by atoms with van der Waals surface area (Å²) >= 11 is 0. The third kappa shape index (κ3) is 3.65. The van der Waals surface area contributed by atoms with Crippen LogP contribution in [0.15, 0.2) is 52.9 Å². The van der Waals surface area contributed by atoms with Gasteiger partial charge in [-0.2, -0.15) is 0 Å². The smallest absolute Gasteiger partial charge is 0.228 e. The Morgan fingerprint density at radius 1 is 1.10 bits per heavy atom. The number of amides is 2. The molecule has 0 aliphatic carbocycles. The lowest BCUT2D eigenvalue weighted by Gasteiger charge is -2.32. The van der Waals surface area contributed by atoms with E-state index in [1.165, 1.54) is 0 Å². The Hall–Kier alpha value is -3.35. The molecule has 0 saturated carbocycles. The van der Waals surface area contributed by atoms with Crippen LogP contribution < -0.4 is 9.64 Å². The van der Waals surface area contributed by atoms with Crippen molar-refractivity contribution in [2.24, 2.45) is 5.92 Å². The molecule has 1 atom stereocenters. The van der Waals surface area contributed by atoms with Crippen LogP contribution >= 0.6 is 0 Å². The molecule has 5 rings (SSSR count). The van der Waals surface area contributed by atoms with Crippen molar-refractivity contribution in [3.63, 3.8) is 0 Å². The molecule has 2 aromatic carbocycles. The summed E-state index contributed by atoms with van der Waals surface area (Å²) in [5.41, 5.74) is 2.40. The number of anilines is 1. The number of benzene rings is 2. The maximum Gasteiger partial charge on any atom is 0.228 e. The maximum absolute atomic E-state index is 13.1. The highest BCUT2D eigenvalue weighted by atomic mass is 16.5. The number of hydrogen-bond donors (Lipinski definition) is 0. The highest BCUT2D eigenvalue weighted by Gasteiger charge is 2.39. The number of piperidine rings is 1. The molecule has 0 bridgehead atoms. The standard InChI is InChI=1S/C24H25N3O4/c1-30-21-9-5-3-7-19(21)27-15-17(14-22(27)28)24(29)26-12-10-16(11-13-26)23-25-18-6-2-4-8-20(18)31-23/h2-9,16-17H,10-15H2,1H3/t17-/m0/s1. The van der Waals surface area contributed by atoms with E-state index in [9.17, 15) is 9.59 Å². The van der Waals surface area contributed by atoms with Crippen LogP contribution in [-0.2, 0) is 9.59 Å². The molecular formula is C24H25N3O4. The molecule has 2 saturated heterocycles. The number of nitrogens with zero attached hydrogens (tertiary/aromatic N) is 3. The minimum atomic E-state index is -0.321. The first-order valence-electron chi connectivity index (χ1n) is 10.7. The lowest BCUT2D eigenvalue weighted by molar-refractivity contribution is -0.136. The summed E-state index contributed by atoms with van der Waals surface area (Å²) in [4.78, 5) is 34.0. The molecule has 2 aliphatic rings. The Bertz CT molecular complexity index is 1080. The van der Waals surface area contributed by atoms with Gasteiger partial charge in [-0.3, -0.25) is 9.59 Å². The Labute approximate surface area is 180 Å². The molecule has 160 valence electrons. The molecule has 0 N–H and O–H groups in total. The van der Waals surface area contributed by atoms with Crippen molar-refractivity contribution < 1.29 is 18.7 Å².